The second-order valence-corrected chi connectivity index (χ2v) is 5.25. The maximum atomic E-state index is 12.5. The summed E-state index contributed by atoms with van der Waals surface area (Å²) in [6.07, 6.45) is -0.883. The predicted octanol–water partition coefficient (Wildman–Crippen LogP) is 0.567. The Hall–Kier alpha value is -2.48. The summed E-state index contributed by atoms with van der Waals surface area (Å²) in [5, 5.41) is 9.01. The van der Waals surface area contributed by atoms with E-state index in [9.17, 15) is 9.59 Å². The van der Waals surface area contributed by atoms with Crippen LogP contribution < -0.4 is 14.2 Å². The van der Waals surface area contributed by atoms with E-state index in [0.717, 1.165) is 0 Å². The van der Waals surface area contributed by atoms with Crippen LogP contribution in [-0.2, 0) is 20.7 Å². The highest BCUT2D eigenvalue weighted by atomic mass is 16.5. The van der Waals surface area contributed by atoms with E-state index in [4.69, 9.17) is 24.1 Å². The molecule has 0 aromatic heterocycles. The van der Waals surface area contributed by atoms with E-state index in [2.05, 4.69) is 0 Å². The number of rotatable bonds is 6. The van der Waals surface area contributed by atoms with Crippen molar-refractivity contribution in [1.82, 2.24) is 4.90 Å². The van der Waals surface area contributed by atoms with Crippen LogP contribution in [0.5, 0.6) is 17.2 Å². The first-order valence-electron chi connectivity index (χ1n) is 7.41. The SMILES string of the molecule is COc1cc(CC(=O)N2CCOC(C(=O)O)C2)cc(OC)c1OC. The fraction of sp³-hybridized carbons (Fsp3) is 0.500. The summed E-state index contributed by atoms with van der Waals surface area (Å²) in [5.74, 6) is 0.128. The average Bonchev–Trinajstić information content (AvgIpc) is 2.60. The van der Waals surface area contributed by atoms with Crippen molar-refractivity contribution >= 4 is 11.9 Å². The van der Waals surface area contributed by atoms with Crippen molar-refractivity contribution in [3.05, 3.63) is 17.7 Å². The lowest BCUT2D eigenvalue weighted by atomic mass is 10.1. The molecule has 1 aliphatic rings. The predicted molar refractivity (Wildman–Crippen MR) is 83.8 cm³/mol. The molecule has 0 aliphatic carbocycles. The van der Waals surface area contributed by atoms with E-state index in [1.54, 1.807) is 12.1 Å². The maximum absolute atomic E-state index is 12.5. The summed E-state index contributed by atoms with van der Waals surface area (Å²) < 4.78 is 20.9. The minimum atomic E-state index is -1.07. The zero-order valence-electron chi connectivity index (χ0n) is 13.9. The van der Waals surface area contributed by atoms with Gasteiger partial charge in [-0.2, -0.15) is 0 Å². The highest BCUT2D eigenvalue weighted by Crippen LogP contribution is 2.38. The highest BCUT2D eigenvalue weighted by molar-refractivity contribution is 5.81. The van der Waals surface area contributed by atoms with E-state index >= 15 is 0 Å². The second kappa shape index (κ2) is 7.87. The Morgan fingerprint density at radius 2 is 1.83 bits per heavy atom. The lowest BCUT2D eigenvalue weighted by molar-refractivity contribution is -0.159. The highest BCUT2D eigenvalue weighted by Gasteiger charge is 2.29. The van der Waals surface area contributed by atoms with Crippen LogP contribution in [0.25, 0.3) is 0 Å². The number of carboxylic acid groups (broad SMARTS) is 1. The van der Waals surface area contributed by atoms with Crippen LogP contribution in [0, 0.1) is 0 Å². The minimum Gasteiger partial charge on any atom is -0.493 e. The van der Waals surface area contributed by atoms with E-state index in [1.165, 1.54) is 26.2 Å². The van der Waals surface area contributed by atoms with E-state index in [-0.39, 0.29) is 25.5 Å². The van der Waals surface area contributed by atoms with Crippen molar-refractivity contribution < 1.29 is 33.6 Å². The first-order valence-corrected chi connectivity index (χ1v) is 7.41. The number of hydrogen-bond acceptors (Lipinski definition) is 6. The third-order valence-corrected chi connectivity index (χ3v) is 3.77. The molecular weight excluding hydrogens is 318 g/mol. The molecule has 0 radical (unpaired) electrons. The molecule has 1 amide bonds. The number of carboxylic acids is 1. The topological polar surface area (TPSA) is 94.5 Å². The van der Waals surface area contributed by atoms with E-state index in [0.29, 0.717) is 29.4 Å². The van der Waals surface area contributed by atoms with E-state index < -0.39 is 12.1 Å². The molecule has 1 unspecified atom stereocenters. The van der Waals surface area contributed by atoms with Gasteiger partial charge in [0, 0.05) is 6.54 Å². The number of carbonyl (C=O) groups excluding carboxylic acids is 1. The lowest BCUT2D eigenvalue weighted by Gasteiger charge is -2.31. The fourth-order valence-corrected chi connectivity index (χ4v) is 2.55. The first-order chi connectivity index (χ1) is 11.5. The molecular formula is C16H21NO7. The lowest BCUT2D eigenvalue weighted by Crippen LogP contribution is -2.49. The number of nitrogens with zero attached hydrogens (tertiary/aromatic N) is 1. The Labute approximate surface area is 139 Å². The van der Waals surface area contributed by atoms with Gasteiger partial charge < -0.3 is 29.0 Å². The molecule has 8 heteroatoms. The van der Waals surface area contributed by atoms with Gasteiger partial charge in [-0.25, -0.2) is 4.79 Å². The third kappa shape index (κ3) is 3.88. The molecule has 1 atom stereocenters. The van der Waals surface area contributed by atoms with Crippen molar-refractivity contribution in [3.63, 3.8) is 0 Å². The van der Waals surface area contributed by atoms with Crippen LogP contribution in [0.2, 0.25) is 0 Å². The number of morpholine rings is 1. The second-order valence-electron chi connectivity index (χ2n) is 5.25. The summed E-state index contributed by atoms with van der Waals surface area (Å²) in [6, 6.07) is 3.41. The molecule has 1 aromatic carbocycles. The number of methoxy groups -OCH3 is 3. The Balaban J connectivity index is 2.15. The first kappa shape index (κ1) is 17.9. The van der Waals surface area contributed by atoms with Gasteiger partial charge in [0.25, 0.3) is 0 Å². The van der Waals surface area contributed by atoms with Crippen molar-refractivity contribution in [2.45, 2.75) is 12.5 Å². The Morgan fingerprint density at radius 3 is 2.33 bits per heavy atom. The zero-order chi connectivity index (χ0) is 17.7. The van der Waals surface area contributed by atoms with Crippen LogP contribution >= 0.6 is 0 Å². The quantitative estimate of drug-likeness (QED) is 0.809. The molecule has 0 saturated carbocycles. The summed E-state index contributed by atoms with van der Waals surface area (Å²) in [5.41, 5.74) is 0.688. The van der Waals surface area contributed by atoms with Gasteiger partial charge in [-0.3, -0.25) is 4.79 Å². The van der Waals surface area contributed by atoms with Crippen LogP contribution in [0.1, 0.15) is 5.56 Å². The molecule has 1 aliphatic heterocycles. The van der Waals surface area contributed by atoms with Crippen LogP contribution in [0.15, 0.2) is 12.1 Å². The van der Waals surface area contributed by atoms with Gasteiger partial charge in [0.2, 0.25) is 11.7 Å². The molecule has 1 saturated heterocycles. The van der Waals surface area contributed by atoms with Crippen LogP contribution in [0.3, 0.4) is 0 Å². The molecule has 24 heavy (non-hydrogen) atoms. The fourth-order valence-electron chi connectivity index (χ4n) is 2.55. The number of ether oxygens (including phenoxy) is 4. The standard InChI is InChI=1S/C16H21NO7/c1-21-11-6-10(7-12(22-2)15(11)23-3)8-14(18)17-4-5-24-13(9-17)16(19)20/h6-7,13H,4-5,8-9H2,1-3H3,(H,19,20). The third-order valence-electron chi connectivity index (χ3n) is 3.77. The number of carbonyl (C=O) groups is 2. The monoisotopic (exact) mass is 339 g/mol. The molecule has 132 valence electrons. The maximum Gasteiger partial charge on any atom is 0.334 e. The van der Waals surface area contributed by atoms with Gasteiger partial charge in [0.1, 0.15) is 0 Å². The molecule has 2 rings (SSSR count). The molecule has 1 heterocycles. The molecule has 0 bridgehead atoms. The summed E-state index contributed by atoms with van der Waals surface area (Å²) in [7, 11) is 4.51. The summed E-state index contributed by atoms with van der Waals surface area (Å²) in [6.45, 7) is 0.615. The number of amides is 1. The molecule has 1 N–H and O–H groups in total. The van der Waals surface area contributed by atoms with Crippen molar-refractivity contribution in [2.75, 3.05) is 41.0 Å². The molecule has 1 aromatic rings. The normalized spacial score (nSPS) is 17.3. The van der Waals surface area contributed by atoms with Gasteiger partial charge in [0.05, 0.1) is 40.9 Å². The van der Waals surface area contributed by atoms with Crippen LogP contribution in [0.4, 0.5) is 0 Å². The molecule has 0 spiro atoms. The Kier molecular flexibility index (Phi) is 5.86. The van der Waals surface area contributed by atoms with Crippen molar-refractivity contribution in [2.24, 2.45) is 0 Å². The minimum absolute atomic E-state index is 0.0403. The smallest absolute Gasteiger partial charge is 0.334 e. The Morgan fingerprint density at radius 1 is 1.21 bits per heavy atom. The summed E-state index contributed by atoms with van der Waals surface area (Å²) >= 11 is 0. The van der Waals surface area contributed by atoms with E-state index in [1.807, 2.05) is 0 Å². The zero-order valence-corrected chi connectivity index (χ0v) is 13.9. The van der Waals surface area contributed by atoms with Gasteiger partial charge in [-0.1, -0.05) is 0 Å². The Bertz CT molecular complexity index is 591. The van der Waals surface area contributed by atoms with Crippen molar-refractivity contribution in [3.8, 4) is 17.2 Å². The van der Waals surface area contributed by atoms with Crippen molar-refractivity contribution in [1.29, 1.82) is 0 Å². The number of aliphatic carboxylic acids is 1. The van der Waals surface area contributed by atoms with Gasteiger partial charge in [-0.05, 0) is 17.7 Å². The van der Waals surface area contributed by atoms with Gasteiger partial charge in [0.15, 0.2) is 17.6 Å². The summed E-state index contributed by atoms with van der Waals surface area (Å²) in [4.78, 5) is 25.0. The largest absolute Gasteiger partial charge is 0.493 e. The number of benzene rings is 1. The number of hydrogen-bond donors (Lipinski definition) is 1. The molecule has 1 fully saturated rings. The van der Waals surface area contributed by atoms with Gasteiger partial charge in [-0.15, -0.1) is 0 Å². The average molecular weight is 339 g/mol. The van der Waals surface area contributed by atoms with Crippen LogP contribution in [-0.4, -0.2) is 69.0 Å². The molecule has 8 nitrogen and oxygen atoms in total. The van der Waals surface area contributed by atoms with Gasteiger partial charge >= 0.3 is 5.97 Å².